The number of aliphatic hydroxyl groups is 2. The van der Waals surface area contributed by atoms with Gasteiger partial charge in [-0.15, -0.1) is 0 Å². The van der Waals surface area contributed by atoms with Gasteiger partial charge in [-0.25, -0.2) is 10.1 Å². The molecule has 2 unspecified atom stereocenters. The van der Waals surface area contributed by atoms with Crippen molar-refractivity contribution in [2.75, 3.05) is 7.11 Å². The largest absolute Gasteiger partial charge is 0.497 e. The van der Waals surface area contributed by atoms with Crippen molar-refractivity contribution in [3.8, 4) is 11.4 Å². The molecule has 4 N–H and O–H groups in total. The Labute approximate surface area is 186 Å². The Kier molecular flexibility index (Phi) is 6.11. The van der Waals surface area contributed by atoms with E-state index in [2.05, 4.69) is 16.0 Å². The Morgan fingerprint density at radius 1 is 1.06 bits per heavy atom. The number of aromatic nitrogens is 2. The fraction of sp³-hybridized carbons (Fsp3) is 0.273. The molecule has 0 radical (unpaired) electrons. The highest BCUT2D eigenvalue weighted by Crippen LogP contribution is 2.43. The molecular formula is C22H21F3N4O4. The summed E-state index contributed by atoms with van der Waals surface area (Å²) >= 11 is 0. The average molecular weight is 462 g/mol. The van der Waals surface area contributed by atoms with Crippen LogP contribution in [-0.2, 0) is 6.18 Å². The minimum absolute atomic E-state index is 0.338. The van der Waals surface area contributed by atoms with Crippen LogP contribution in [0.1, 0.15) is 27.5 Å². The first-order valence-electron chi connectivity index (χ1n) is 9.99. The van der Waals surface area contributed by atoms with Crippen LogP contribution in [0.15, 0.2) is 60.8 Å². The average Bonchev–Trinajstić information content (AvgIpc) is 3.25. The smallest absolute Gasteiger partial charge is 0.435 e. The molecular weight excluding hydrogens is 441 g/mol. The molecule has 1 heterocycles. The highest BCUT2D eigenvalue weighted by atomic mass is 19.4. The van der Waals surface area contributed by atoms with Crippen LogP contribution in [0.5, 0.6) is 5.75 Å². The molecule has 33 heavy (non-hydrogen) atoms. The topological polar surface area (TPSA) is 109 Å². The molecule has 8 nitrogen and oxygen atoms in total. The summed E-state index contributed by atoms with van der Waals surface area (Å²) in [6.45, 7) is 0. The number of hydrogen-bond donors (Lipinski definition) is 4. The molecule has 1 aliphatic rings. The van der Waals surface area contributed by atoms with Crippen LogP contribution in [0, 0.1) is 0 Å². The van der Waals surface area contributed by atoms with Gasteiger partial charge in [0.1, 0.15) is 5.75 Å². The quantitative estimate of drug-likeness (QED) is 0.418. The van der Waals surface area contributed by atoms with Gasteiger partial charge in [-0.2, -0.15) is 18.3 Å². The number of carbonyl (C=O) groups excluding carboxylic acids is 1. The maximum Gasteiger partial charge on any atom is 0.435 e. The van der Waals surface area contributed by atoms with E-state index in [9.17, 15) is 28.2 Å². The van der Waals surface area contributed by atoms with E-state index in [0.717, 1.165) is 10.9 Å². The maximum atomic E-state index is 13.7. The normalized spacial score (nSPS) is 22.5. The highest BCUT2D eigenvalue weighted by molar-refractivity contribution is 5.93. The molecule has 2 atom stereocenters. The van der Waals surface area contributed by atoms with Crippen LogP contribution >= 0.6 is 0 Å². The van der Waals surface area contributed by atoms with Gasteiger partial charge in [0.25, 0.3) is 5.91 Å². The lowest BCUT2D eigenvalue weighted by atomic mass is 9.70. The summed E-state index contributed by atoms with van der Waals surface area (Å²) in [5.41, 5.74) is 4.00. The van der Waals surface area contributed by atoms with Crippen molar-refractivity contribution in [1.29, 1.82) is 0 Å². The highest BCUT2D eigenvalue weighted by Gasteiger charge is 2.53. The zero-order valence-electron chi connectivity index (χ0n) is 17.3. The second-order valence-electron chi connectivity index (χ2n) is 7.57. The fourth-order valence-corrected chi connectivity index (χ4v) is 3.77. The zero-order chi connectivity index (χ0) is 23.8. The molecule has 0 aliphatic heterocycles. The first-order chi connectivity index (χ1) is 15.7. The Morgan fingerprint density at radius 3 is 2.27 bits per heavy atom. The third-order valence-corrected chi connectivity index (χ3v) is 5.57. The van der Waals surface area contributed by atoms with E-state index in [0.29, 0.717) is 17.0 Å². The number of benzene rings is 2. The second kappa shape index (κ2) is 8.85. The van der Waals surface area contributed by atoms with Crippen molar-refractivity contribution < 1.29 is 32.9 Å². The number of nitrogens with one attached hydrogen (secondary N) is 2. The van der Waals surface area contributed by atoms with Gasteiger partial charge in [0, 0.05) is 23.2 Å². The summed E-state index contributed by atoms with van der Waals surface area (Å²) in [6, 6.07) is 13.4. The van der Waals surface area contributed by atoms with E-state index >= 15 is 0 Å². The molecule has 0 saturated heterocycles. The van der Waals surface area contributed by atoms with Crippen LogP contribution in [0.2, 0.25) is 0 Å². The molecule has 3 aromatic rings. The number of amides is 1. The lowest BCUT2D eigenvalue weighted by molar-refractivity contribution is -0.145. The number of alkyl halides is 3. The Morgan fingerprint density at radius 2 is 1.70 bits per heavy atom. The van der Waals surface area contributed by atoms with Crippen molar-refractivity contribution in [1.82, 2.24) is 20.6 Å². The van der Waals surface area contributed by atoms with Gasteiger partial charge in [-0.3, -0.25) is 10.2 Å². The molecule has 11 heteroatoms. The molecule has 1 saturated carbocycles. The number of methoxy groups -OCH3 is 1. The number of nitrogens with zero attached hydrogens (tertiary/aromatic N) is 2. The van der Waals surface area contributed by atoms with Crippen molar-refractivity contribution in [2.45, 2.75) is 30.3 Å². The summed E-state index contributed by atoms with van der Waals surface area (Å²) in [4.78, 5) is 12.1. The number of ether oxygens (including phenoxy) is 1. The molecule has 0 bridgehead atoms. The van der Waals surface area contributed by atoms with Gasteiger partial charge in [0.2, 0.25) is 0 Å². The van der Waals surface area contributed by atoms with Crippen LogP contribution in [0.4, 0.5) is 13.2 Å². The third-order valence-electron chi connectivity index (χ3n) is 5.57. The van der Waals surface area contributed by atoms with Crippen molar-refractivity contribution >= 4 is 5.91 Å². The Bertz CT molecular complexity index is 1110. The van der Waals surface area contributed by atoms with Gasteiger partial charge in [-0.05, 0) is 36.4 Å². The number of hydrogen-bond acceptors (Lipinski definition) is 6. The molecule has 2 aromatic carbocycles. The molecule has 0 spiro atoms. The monoisotopic (exact) mass is 462 g/mol. The second-order valence-corrected chi connectivity index (χ2v) is 7.57. The molecule has 1 aromatic heterocycles. The van der Waals surface area contributed by atoms with Gasteiger partial charge in [-0.1, -0.05) is 18.2 Å². The fourth-order valence-electron chi connectivity index (χ4n) is 3.77. The zero-order valence-corrected chi connectivity index (χ0v) is 17.3. The molecule has 4 rings (SSSR count). The Hall–Kier alpha value is -3.41. The molecule has 174 valence electrons. The number of halogens is 3. The third kappa shape index (κ3) is 4.42. The van der Waals surface area contributed by atoms with Gasteiger partial charge in [0.05, 0.1) is 31.0 Å². The van der Waals surface area contributed by atoms with Crippen LogP contribution in [-0.4, -0.2) is 51.3 Å². The lowest BCUT2D eigenvalue weighted by Gasteiger charge is -2.46. The Balaban J connectivity index is 1.53. The van der Waals surface area contributed by atoms with E-state index < -0.39 is 41.9 Å². The van der Waals surface area contributed by atoms with Gasteiger partial charge in [0.15, 0.2) is 5.69 Å². The van der Waals surface area contributed by atoms with Crippen molar-refractivity contribution in [3.63, 3.8) is 0 Å². The maximum absolute atomic E-state index is 13.7. The van der Waals surface area contributed by atoms with E-state index in [1.807, 2.05) is 0 Å². The van der Waals surface area contributed by atoms with Crippen LogP contribution in [0.3, 0.4) is 0 Å². The predicted octanol–water partition coefficient (Wildman–Crippen LogP) is 2.02. The van der Waals surface area contributed by atoms with E-state index in [1.54, 1.807) is 42.5 Å². The van der Waals surface area contributed by atoms with E-state index in [1.165, 1.54) is 19.2 Å². The number of aliphatic hydroxyl groups excluding tert-OH is 2. The summed E-state index contributed by atoms with van der Waals surface area (Å²) in [7, 11) is 1.47. The van der Waals surface area contributed by atoms with Crippen LogP contribution < -0.4 is 15.6 Å². The molecule has 1 amide bonds. The van der Waals surface area contributed by atoms with Gasteiger partial charge >= 0.3 is 6.18 Å². The standard InChI is InChI=1S/C22H21F3N4O4/c1-33-14-9-7-13(8-10-14)29-11-15(20(28-29)22(23,24)25)16-18(30)17(19(16)31)26-27-21(32)12-5-3-2-4-6-12/h2-11,16-19,26,30-31H,1H3,(H,27,32). The van der Waals surface area contributed by atoms with E-state index in [-0.39, 0.29) is 5.56 Å². The van der Waals surface area contributed by atoms with Crippen molar-refractivity contribution in [2.24, 2.45) is 0 Å². The van der Waals surface area contributed by atoms with Crippen LogP contribution in [0.25, 0.3) is 5.69 Å². The van der Waals surface area contributed by atoms with E-state index in [4.69, 9.17) is 4.74 Å². The minimum Gasteiger partial charge on any atom is -0.497 e. The SMILES string of the molecule is COc1ccc(-n2cc(C3C(O)C(NNC(=O)c4ccccc4)C3O)c(C(F)(F)F)n2)cc1. The number of rotatable bonds is 6. The molecule has 1 aliphatic carbocycles. The summed E-state index contributed by atoms with van der Waals surface area (Å²) in [6.07, 6.45) is -6.45. The van der Waals surface area contributed by atoms with Gasteiger partial charge < -0.3 is 14.9 Å². The predicted molar refractivity (Wildman–Crippen MR) is 111 cm³/mol. The lowest BCUT2D eigenvalue weighted by Crippen LogP contribution is -2.67. The molecule has 1 fully saturated rings. The minimum atomic E-state index is -4.80. The summed E-state index contributed by atoms with van der Waals surface area (Å²) < 4.78 is 47.1. The first-order valence-corrected chi connectivity index (χ1v) is 9.99. The van der Waals surface area contributed by atoms with Crippen molar-refractivity contribution in [3.05, 3.63) is 77.6 Å². The summed E-state index contributed by atoms with van der Waals surface area (Å²) in [5, 5.41) is 24.7. The number of carbonyl (C=O) groups is 1. The number of hydrazine groups is 1. The first kappa shape index (κ1) is 22.8. The summed E-state index contributed by atoms with van der Waals surface area (Å²) in [5.74, 6) is -1.24.